The summed E-state index contributed by atoms with van der Waals surface area (Å²) in [6.45, 7) is 0.487. The standard InChI is InChI=1S/C15H13ClN2OS/c16-15-13(4-7-20-15)11-2-1-3-12(8-11)14(19)9-18-6-5-17-10-18/h1-8,10,14,19H,9H2. The number of aliphatic hydroxyl groups is 1. The van der Waals surface area contributed by atoms with E-state index >= 15 is 0 Å². The molecule has 0 radical (unpaired) electrons. The molecule has 1 aromatic carbocycles. The Labute approximate surface area is 126 Å². The van der Waals surface area contributed by atoms with Crippen molar-refractivity contribution < 1.29 is 5.11 Å². The minimum absolute atomic E-state index is 0.487. The Balaban J connectivity index is 1.86. The molecule has 0 saturated heterocycles. The van der Waals surface area contributed by atoms with Gasteiger partial charge in [0, 0.05) is 18.0 Å². The smallest absolute Gasteiger partial charge is 0.101 e. The molecule has 0 amide bonds. The van der Waals surface area contributed by atoms with Gasteiger partial charge in [0.15, 0.2) is 0 Å². The van der Waals surface area contributed by atoms with Crippen molar-refractivity contribution in [3.8, 4) is 11.1 Å². The highest BCUT2D eigenvalue weighted by molar-refractivity contribution is 7.15. The van der Waals surface area contributed by atoms with Crippen molar-refractivity contribution in [1.29, 1.82) is 0 Å². The van der Waals surface area contributed by atoms with Crippen molar-refractivity contribution in [2.24, 2.45) is 0 Å². The minimum Gasteiger partial charge on any atom is -0.387 e. The second-order valence-corrected chi connectivity index (χ2v) is 6.03. The molecule has 0 bridgehead atoms. The Bertz CT molecular complexity index is 693. The van der Waals surface area contributed by atoms with E-state index in [4.69, 9.17) is 11.6 Å². The summed E-state index contributed by atoms with van der Waals surface area (Å²) in [5.41, 5.74) is 2.91. The molecule has 1 unspecified atom stereocenters. The number of thiophene rings is 1. The Morgan fingerprint density at radius 1 is 1.35 bits per heavy atom. The largest absolute Gasteiger partial charge is 0.387 e. The van der Waals surface area contributed by atoms with Crippen LogP contribution < -0.4 is 0 Å². The van der Waals surface area contributed by atoms with E-state index < -0.39 is 6.10 Å². The Morgan fingerprint density at radius 2 is 2.25 bits per heavy atom. The van der Waals surface area contributed by atoms with Crippen molar-refractivity contribution in [3.05, 3.63) is 64.3 Å². The molecule has 0 saturated carbocycles. The van der Waals surface area contributed by atoms with E-state index in [1.165, 1.54) is 11.3 Å². The van der Waals surface area contributed by atoms with Gasteiger partial charge in [0.25, 0.3) is 0 Å². The van der Waals surface area contributed by atoms with Crippen molar-refractivity contribution in [2.45, 2.75) is 12.6 Å². The van der Waals surface area contributed by atoms with Crippen molar-refractivity contribution in [1.82, 2.24) is 9.55 Å². The summed E-state index contributed by atoms with van der Waals surface area (Å²) < 4.78 is 2.63. The highest BCUT2D eigenvalue weighted by Crippen LogP contribution is 2.33. The fourth-order valence-corrected chi connectivity index (χ4v) is 3.08. The predicted molar refractivity (Wildman–Crippen MR) is 82.0 cm³/mol. The van der Waals surface area contributed by atoms with Crippen LogP contribution in [0.4, 0.5) is 0 Å². The van der Waals surface area contributed by atoms with E-state index in [1.807, 2.05) is 46.5 Å². The van der Waals surface area contributed by atoms with Gasteiger partial charge in [0.05, 0.1) is 19.0 Å². The zero-order valence-electron chi connectivity index (χ0n) is 10.6. The molecule has 102 valence electrons. The van der Waals surface area contributed by atoms with Crippen LogP contribution in [0.3, 0.4) is 0 Å². The Hall–Kier alpha value is -1.62. The van der Waals surface area contributed by atoms with Crippen LogP contribution in [0.1, 0.15) is 11.7 Å². The number of benzene rings is 1. The van der Waals surface area contributed by atoms with Gasteiger partial charge >= 0.3 is 0 Å². The lowest BCUT2D eigenvalue weighted by molar-refractivity contribution is 0.156. The molecule has 1 atom stereocenters. The average molecular weight is 305 g/mol. The van der Waals surface area contributed by atoms with E-state index in [9.17, 15) is 5.11 Å². The van der Waals surface area contributed by atoms with Crippen LogP contribution in [0.25, 0.3) is 11.1 Å². The molecule has 1 N–H and O–H groups in total. The Kier molecular flexibility index (Phi) is 3.87. The lowest BCUT2D eigenvalue weighted by atomic mass is 10.0. The second-order valence-electron chi connectivity index (χ2n) is 4.51. The fourth-order valence-electron chi connectivity index (χ4n) is 2.11. The lowest BCUT2D eigenvalue weighted by Gasteiger charge is -2.13. The zero-order valence-corrected chi connectivity index (χ0v) is 12.2. The number of aliphatic hydroxyl groups excluding tert-OH is 1. The SMILES string of the molecule is OC(Cn1ccnc1)c1cccc(-c2ccsc2Cl)c1. The molecule has 3 nitrogen and oxygen atoms in total. The number of hydrogen-bond donors (Lipinski definition) is 1. The van der Waals surface area contributed by atoms with Crippen LogP contribution in [-0.2, 0) is 6.54 Å². The molecular formula is C15H13ClN2OS. The third kappa shape index (κ3) is 2.77. The lowest BCUT2D eigenvalue weighted by Crippen LogP contribution is -2.07. The summed E-state index contributed by atoms with van der Waals surface area (Å²) in [7, 11) is 0. The molecule has 0 aliphatic carbocycles. The number of rotatable bonds is 4. The number of halogens is 1. The predicted octanol–water partition coefficient (Wildman–Crippen LogP) is 4.00. The third-order valence-corrected chi connectivity index (χ3v) is 4.31. The number of hydrogen-bond acceptors (Lipinski definition) is 3. The normalized spacial score (nSPS) is 12.5. The Morgan fingerprint density at radius 3 is 2.95 bits per heavy atom. The van der Waals surface area contributed by atoms with Crippen LogP contribution in [0.5, 0.6) is 0 Å². The maximum absolute atomic E-state index is 10.3. The molecule has 3 rings (SSSR count). The van der Waals surface area contributed by atoms with E-state index in [2.05, 4.69) is 4.98 Å². The number of nitrogens with zero attached hydrogens (tertiary/aromatic N) is 2. The first-order valence-corrected chi connectivity index (χ1v) is 7.47. The van der Waals surface area contributed by atoms with E-state index in [1.54, 1.807) is 12.5 Å². The number of aromatic nitrogens is 2. The first-order chi connectivity index (χ1) is 9.74. The van der Waals surface area contributed by atoms with E-state index in [0.29, 0.717) is 6.54 Å². The molecule has 0 spiro atoms. The molecule has 2 aromatic heterocycles. The average Bonchev–Trinajstić information content (AvgIpc) is 3.10. The molecule has 0 aliphatic heterocycles. The number of imidazole rings is 1. The molecular weight excluding hydrogens is 292 g/mol. The molecule has 0 aliphatic rings. The molecule has 5 heteroatoms. The molecule has 20 heavy (non-hydrogen) atoms. The van der Waals surface area contributed by atoms with Crippen LogP contribution in [0, 0.1) is 0 Å². The summed E-state index contributed by atoms with van der Waals surface area (Å²) in [5.74, 6) is 0. The maximum atomic E-state index is 10.3. The highest BCUT2D eigenvalue weighted by Gasteiger charge is 2.11. The summed E-state index contributed by atoms with van der Waals surface area (Å²) in [4.78, 5) is 3.97. The summed E-state index contributed by atoms with van der Waals surface area (Å²) >= 11 is 7.67. The van der Waals surface area contributed by atoms with Gasteiger partial charge in [-0.3, -0.25) is 0 Å². The second kappa shape index (κ2) is 5.79. The monoisotopic (exact) mass is 304 g/mol. The summed E-state index contributed by atoms with van der Waals surface area (Å²) in [5, 5.41) is 12.3. The van der Waals surface area contributed by atoms with E-state index in [-0.39, 0.29) is 0 Å². The van der Waals surface area contributed by atoms with Crippen LogP contribution in [-0.4, -0.2) is 14.7 Å². The molecule has 3 aromatic rings. The van der Waals surface area contributed by atoms with Crippen molar-refractivity contribution >= 4 is 22.9 Å². The first-order valence-electron chi connectivity index (χ1n) is 6.21. The van der Waals surface area contributed by atoms with Gasteiger partial charge in [-0.15, -0.1) is 11.3 Å². The quantitative estimate of drug-likeness (QED) is 0.791. The zero-order chi connectivity index (χ0) is 13.9. The van der Waals surface area contributed by atoms with Gasteiger partial charge in [-0.1, -0.05) is 29.8 Å². The minimum atomic E-state index is -0.568. The van der Waals surface area contributed by atoms with Gasteiger partial charge in [0.1, 0.15) is 4.34 Å². The van der Waals surface area contributed by atoms with Crippen LogP contribution in [0.15, 0.2) is 54.4 Å². The van der Waals surface area contributed by atoms with E-state index in [0.717, 1.165) is 21.0 Å². The molecule has 0 fully saturated rings. The van der Waals surface area contributed by atoms with Crippen LogP contribution >= 0.6 is 22.9 Å². The van der Waals surface area contributed by atoms with Crippen molar-refractivity contribution in [3.63, 3.8) is 0 Å². The van der Waals surface area contributed by atoms with Crippen LogP contribution in [0.2, 0.25) is 4.34 Å². The first kappa shape index (κ1) is 13.4. The van der Waals surface area contributed by atoms with Gasteiger partial charge in [0.2, 0.25) is 0 Å². The van der Waals surface area contributed by atoms with Gasteiger partial charge in [-0.05, 0) is 28.6 Å². The van der Waals surface area contributed by atoms with Gasteiger partial charge < -0.3 is 9.67 Å². The van der Waals surface area contributed by atoms with Gasteiger partial charge in [-0.25, -0.2) is 4.98 Å². The topological polar surface area (TPSA) is 38.0 Å². The molecule has 2 heterocycles. The summed E-state index contributed by atoms with van der Waals surface area (Å²) in [6, 6.07) is 9.84. The maximum Gasteiger partial charge on any atom is 0.101 e. The van der Waals surface area contributed by atoms with Crippen molar-refractivity contribution in [2.75, 3.05) is 0 Å². The third-order valence-electron chi connectivity index (χ3n) is 3.14. The highest BCUT2D eigenvalue weighted by atomic mass is 35.5. The summed E-state index contributed by atoms with van der Waals surface area (Å²) in [6.07, 6.45) is 4.67. The fraction of sp³-hybridized carbons (Fsp3) is 0.133. The van der Waals surface area contributed by atoms with Gasteiger partial charge in [-0.2, -0.15) is 0 Å².